The summed E-state index contributed by atoms with van der Waals surface area (Å²) in [5.41, 5.74) is 4.59. The SMILES string of the molecule is CCC(C)(C(=O)N1CCOC(CO)C1)C(N)=NO. The lowest BCUT2D eigenvalue weighted by Crippen LogP contribution is -2.55. The van der Waals surface area contributed by atoms with E-state index in [4.69, 9.17) is 20.8 Å². The molecule has 0 radical (unpaired) electrons. The summed E-state index contributed by atoms with van der Waals surface area (Å²) in [6.07, 6.45) is 0.0687. The summed E-state index contributed by atoms with van der Waals surface area (Å²) < 4.78 is 5.29. The number of amidine groups is 1. The molecule has 4 N–H and O–H groups in total. The minimum atomic E-state index is -1.02. The Bertz CT molecular complexity index is 334. The second-order valence-electron chi connectivity index (χ2n) is 4.60. The van der Waals surface area contributed by atoms with Crippen molar-refractivity contribution in [3.8, 4) is 0 Å². The van der Waals surface area contributed by atoms with Crippen molar-refractivity contribution in [2.75, 3.05) is 26.3 Å². The molecule has 0 aliphatic carbocycles. The number of hydrogen-bond acceptors (Lipinski definition) is 5. The highest BCUT2D eigenvalue weighted by Gasteiger charge is 2.40. The topological polar surface area (TPSA) is 108 Å². The fourth-order valence-electron chi connectivity index (χ4n) is 1.92. The number of rotatable bonds is 4. The third kappa shape index (κ3) is 2.73. The van der Waals surface area contributed by atoms with Gasteiger partial charge in [0.1, 0.15) is 5.41 Å². The van der Waals surface area contributed by atoms with Gasteiger partial charge in [0.25, 0.3) is 0 Å². The molecule has 0 spiro atoms. The maximum absolute atomic E-state index is 12.4. The average molecular weight is 259 g/mol. The van der Waals surface area contributed by atoms with Gasteiger partial charge >= 0.3 is 0 Å². The first-order chi connectivity index (χ1) is 8.49. The van der Waals surface area contributed by atoms with Gasteiger partial charge in [-0.25, -0.2) is 0 Å². The molecular weight excluding hydrogens is 238 g/mol. The highest BCUT2D eigenvalue weighted by Crippen LogP contribution is 2.25. The molecule has 7 heteroatoms. The van der Waals surface area contributed by atoms with Crippen molar-refractivity contribution in [3.63, 3.8) is 0 Å². The Morgan fingerprint density at radius 1 is 1.67 bits per heavy atom. The quantitative estimate of drug-likeness (QED) is 0.269. The van der Waals surface area contributed by atoms with Gasteiger partial charge in [-0.3, -0.25) is 4.79 Å². The average Bonchev–Trinajstić information content (AvgIpc) is 2.44. The molecule has 2 unspecified atom stereocenters. The second kappa shape index (κ2) is 6.01. The van der Waals surface area contributed by atoms with Crippen molar-refractivity contribution in [1.29, 1.82) is 0 Å². The summed E-state index contributed by atoms with van der Waals surface area (Å²) >= 11 is 0. The Morgan fingerprint density at radius 2 is 2.33 bits per heavy atom. The van der Waals surface area contributed by atoms with E-state index in [1.807, 2.05) is 0 Å². The zero-order chi connectivity index (χ0) is 13.8. The van der Waals surface area contributed by atoms with Crippen LogP contribution < -0.4 is 5.73 Å². The van der Waals surface area contributed by atoms with E-state index in [-0.39, 0.29) is 24.5 Å². The zero-order valence-corrected chi connectivity index (χ0v) is 10.8. The molecule has 0 aromatic heterocycles. The number of carbonyl (C=O) groups is 1. The van der Waals surface area contributed by atoms with Crippen LogP contribution in [-0.4, -0.2) is 59.4 Å². The summed E-state index contributed by atoms with van der Waals surface area (Å²) in [5, 5.41) is 20.8. The minimum Gasteiger partial charge on any atom is -0.409 e. The van der Waals surface area contributed by atoms with E-state index < -0.39 is 5.41 Å². The predicted molar refractivity (Wildman–Crippen MR) is 65.2 cm³/mol. The van der Waals surface area contributed by atoms with Gasteiger partial charge in [-0.1, -0.05) is 12.1 Å². The molecule has 1 amide bonds. The predicted octanol–water partition coefficient (Wildman–Crippen LogP) is -0.631. The third-order valence-electron chi connectivity index (χ3n) is 3.48. The Kier molecular flexibility index (Phi) is 4.92. The van der Waals surface area contributed by atoms with Crippen molar-refractivity contribution in [2.45, 2.75) is 26.4 Å². The number of morpholine rings is 1. The van der Waals surface area contributed by atoms with Crippen LogP contribution in [0.2, 0.25) is 0 Å². The Hall–Kier alpha value is -1.34. The van der Waals surface area contributed by atoms with Crippen LogP contribution >= 0.6 is 0 Å². The maximum atomic E-state index is 12.4. The van der Waals surface area contributed by atoms with Gasteiger partial charge in [0.15, 0.2) is 5.84 Å². The highest BCUT2D eigenvalue weighted by molar-refractivity contribution is 6.06. The summed E-state index contributed by atoms with van der Waals surface area (Å²) in [4.78, 5) is 14.0. The fourth-order valence-corrected chi connectivity index (χ4v) is 1.92. The van der Waals surface area contributed by atoms with Crippen molar-refractivity contribution < 1.29 is 19.8 Å². The number of amides is 1. The number of nitrogens with zero attached hydrogens (tertiary/aromatic N) is 2. The maximum Gasteiger partial charge on any atom is 0.236 e. The van der Waals surface area contributed by atoms with Gasteiger partial charge in [0.2, 0.25) is 5.91 Å². The Morgan fingerprint density at radius 3 is 2.83 bits per heavy atom. The molecule has 0 bridgehead atoms. The Labute approximate surface area is 106 Å². The van der Waals surface area contributed by atoms with Crippen LogP contribution in [0.25, 0.3) is 0 Å². The van der Waals surface area contributed by atoms with Crippen LogP contribution in [0.1, 0.15) is 20.3 Å². The molecule has 104 valence electrons. The smallest absolute Gasteiger partial charge is 0.236 e. The summed E-state index contributed by atoms with van der Waals surface area (Å²) in [5.74, 6) is -0.302. The van der Waals surface area contributed by atoms with Crippen LogP contribution in [0.4, 0.5) is 0 Å². The van der Waals surface area contributed by atoms with E-state index in [0.717, 1.165) is 0 Å². The lowest BCUT2D eigenvalue weighted by atomic mass is 9.84. The van der Waals surface area contributed by atoms with Gasteiger partial charge in [0, 0.05) is 13.1 Å². The molecule has 1 fully saturated rings. The van der Waals surface area contributed by atoms with Crippen molar-refractivity contribution in [2.24, 2.45) is 16.3 Å². The van der Waals surface area contributed by atoms with Gasteiger partial charge in [0.05, 0.1) is 19.3 Å². The van der Waals surface area contributed by atoms with Crippen LogP contribution in [-0.2, 0) is 9.53 Å². The molecule has 1 aliphatic rings. The largest absolute Gasteiger partial charge is 0.409 e. The standard InChI is InChI=1S/C11H21N3O4/c1-3-11(2,9(12)13-17)10(16)14-4-5-18-8(6-14)7-15/h8,15,17H,3-7H2,1-2H3,(H2,12,13). The second-order valence-corrected chi connectivity index (χ2v) is 4.60. The molecule has 1 heterocycles. The van der Waals surface area contributed by atoms with Crippen LogP contribution in [0, 0.1) is 5.41 Å². The number of oxime groups is 1. The first kappa shape index (κ1) is 14.7. The normalized spacial score (nSPS) is 24.7. The number of carbonyl (C=O) groups excluding carboxylic acids is 1. The first-order valence-electron chi connectivity index (χ1n) is 5.99. The van der Waals surface area contributed by atoms with E-state index in [2.05, 4.69) is 5.16 Å². The first-order valence-corrected chi connectivity index (χ1v) is 5.99. The van der Waals surface area contributed by atoms with Crippen molar-refractivity contribution >= 4 is 11.7 Å². The van der Waals surface area contributed by atoms with E-state index in [0.29, 0.717) is 26.1 Å². The molecule has 0 aromatic rings. The molecule has 0 saturated carbocycles. The van der Waals surface area contributed by atoms with E-state index >= 15 is 0 Å². The number of hydrogen-bond donors (Lipinski definition) is 3. The van der Waals surface area contributed by atoms with Gasteiger partial charge in [-0.2, -0.15) is 0 Å². The number of nitrogens with two attached hydrogens (primary N) is 1. The number of aliphatic hydroxyl groups excluding tert-OH is 1. The summed E-state index contributed by atoms with van der Waals surface area (Å²) in [6, 6.07) is 0. The summed E-state index contributed by atoms with van der Waals surface area (Å²) in [6.45, 7) is 4.48. The highest BCUT2D eigenvalue weighted by atomic mass is 16.5. The molecule has 2 atom stereocenters. The number of ether oxygens (including phenoxy) is 1. The molecule has 1 saturated heterocycles. The van der Waals surface area contributed by atoms with Gasteiger partial charge < -0.3 is 25.7 Å². The van der Waals surface area contributed by atoms with Crippen LogP contribution in [0.5, 0.6) is 0 Å². The lowest BCUT2D eigenvalue weighted by Gasteiger charge is -2.37. The van der Waals surface area contributed by atoms with Gasteiger partial charge in [-0.15, -0.1) is 0 Å². The molecular formula is C11H21N3O4. The summed E-state index contributed by atoms with van der Waals surface area (Å²) in [7, 11) is 0. The van der Waals surface area contributed by atoms with E-state index in [9.17, 15) is 4.79 Å². The van der Waals surface area contributed by atoms with Crippen LogP contribution in [0.15, 0.2) is 5.16 Å². The van der Waals surface area contributed by atoms with Crippen molar-refractivity contribution in [1.82, 2.24) is 4.90 Å². The van der Waals surface area contributed by atoms with E-state index in [1.165, 1.54) is 0 Å². The van der Waals surface area contributed by atoms with Crippen molar-refractivity contribution in [3.05, 3.63) is 0 Å². The zero-order valence-electron chi connectivity index (χ0n) is 10.8. The molecule has 1 aliphatic heterocycles. The fraction of sp³-hybridized carbons (Fsp3) is 0.818. The monoisotopic (exact) mass is 259 g/mol. The molecule has 1 rings (SSSR count). The number of aliphatic hydroxyl groups is 1. The minimum absolute atomic E-state index is 0.0953. The Balaban J connectivity index is 2.84. The molecule has 18 heavy (non-hydrogen) atoms. The van der Waals surface area contributed by atoms with Gasteiger partial charge in [-0.05, 0) is 13.3 Å². The third-order valence-corrected chi connectivity index (χ3v) is 3.48. The van der Waals surface area contributed by atoms with Crippen LogP contribution in [0.3, 0.4) is 0 Å². The lowest BCUT2D eigenvalue weighted by molar-refractivity contribution is -0.146. The molecule has 7 nitrogen and oxygen atoms in total. The molecule has 0 aromatic carbocycles. The van der Waals surface area contributed by atoms with E-state index in [1.54, 1.807) is 18.7 Å².